The van der Waals surface area contributed by atoms with Gasteiger partial charge in [-0.05, 0) is 32.1 Å². The predicted octanol–water partition coefficient (Wildman–Crippen LogP) is 3.64. The number of thiazole rings is 1. The molecule has 0 aliphatic rings. The van der Waals surface area contributed by atoms with E-state index < -0.39 is 0 Å². The Balaban J connectivity index is 2.72. The third kappa shape index (κ3) is 5.26. The van der Waals surface area contributed by atoms with Crippen molar-refractivity contribution in [3.8, 4) is 0 Å². The minimum Gasteiger partial charge on any atom is -0.348 e. The molecule has 1 unspecified atom stereocenters. The highest BCUT2D eigenvalue weighted by Crippen LogP contribution is 2.27. The van der Waals surface area contributed by atoms with Crippen LogP contribution in [0.4, 0.5) is 5.13 Å². The molecule has 3 nitrogen and oxygen atoms in total. The molecule has 1 aromatic rings. The van der Waals surface area contributed by atoms with Gasteiger partial charge in [0.15, 0.2) is 5.13 Å². The average molecular weight is 316 g/mol. The number of anilines is 1. The zero-order chi connectivity index (χ0) is 15.1. The van der Waals surface area contributed by atoms with Crippen LogP contribution in [-0.2, 0) is 13.0 Å². The van der Waals surface area contributed by atoms with Gasteiger partial charge in [0.05, 0.1) is 5.69 Å². The monoisotopic (exact) mass is 315 g/mol. The molecule has 0 aromatic carbocycles. The summed E-state index contributed by atoms with van der Waals surface area (Å²) < 4.78 is 0. The smallest absolute Gasteiger partial charge is 0.185 e. The number of hydrogen-bond donors (Lipinski definition) is 1. The summed E-state index contributed by atoms with van der Waals surface area (Å²) in [6.07, 6.45) is 3.17. The van der Waals surface area contributed by atoms with Crippen molar-refractivity contribution in [2.45, 2.75) is 46.7 Å². The Kier molecular flexibility index (Phi) is 7.92. The molecular weight excluding hydrogens is 286 g/mol. The molecule has 1 rings (SSSR count). The summed E-state index contributed by atoms with van der Waals surface area (Å²) in [6.45, 7) is 10.9. The summed E-state index contributed by atoms with van der Waals surface area (Å²) in [4.78, 5) is 8.53. The number of aryl methyl sites for hydroxylation is 1. The van der Waals surface area contributed by atoms with Gasteiger partial charge in [-0.3, -0.25) is 0 Å². The topological polar surface area (TPSA) is 28.2 Å². The predicted molar refractivity (Wildman–Crippen MR) is 94.3 cm³/mol. The first kappa shape index (κ1) is 17.8. The first-order valence-corrected chi connectivity index (χ1v) is 9.61. The molecular formula is C15H29N3S2. The Bertz CT molecular complexity index is 390. The number of hydrogen-bond acceptors (Lipinski definition) is 5. The summed E-state index contributed by atoms with van der Waals surface area (Å²) in [7, 11) is 2.16. The van der Waals surface area contributed by atoms with Gasteiger partial charge in [0.2, 0.25) is 0 Å². The molecule has 0 saturated carbocycles. The summed E-state index contributed by atoms with van der Waals surface area (Å²) in [5.74, 6) is 1.83. The molecule has 0 spiro atoms. The third-order valence-corrected chi connectivity index (χ3v) is 5.31. The van der Waals surface area contributed by atoms with Gasteiger partial charge in [0.25, 0.3) is 0 Å². The van der Waals surface area contributed by atoms with Crippen LogP contribution >= 0.6 is 23.1 Å². The maximum absolute atomic E-state index is 4.82. The molecule has 1 N–H and O–H groups in total. The number of rotatable bonds is 9. The summed E-state index contributed by atoms with van der Waals surface area (Å²) >= 11 is 3.73. The van der Waals surface area contributed by atoms with E-state index in [4.69, 9.17) is 4.98 Å². The first-order chi connectivity index (χ1) is 9.49. The van der Waals surface area contributed by atoms with Gasteiger partial charge in [-0.2, -0.15) is 11.8 Å². The molecule has 1 atom stereocenters. The fourth-order valence-corrected chi connectivity index (χ4v) is 3.84. The second-order valence-electron chi connectivity index (χ2n) is 5.66. The van der Waals surface area contributed by atoms with Crippen molar-refractivity contribution in [2.75, 3.05) is 30.5 Å². The van der Waals surface area contributed by atoms with Gasteiger partial charge in [0.1, 0.15) is 0 Å². The van der Waals surface area contributed by atoms with Crippen LogP contribution in [0.2, 0.25) is 0 Å². The Morgan fingerprint density at radius 2 is 2.05 bits per heavy atom. The third-order valence-electron chi connectivity index (χ3n) is 3.31. The Hall–Kier alpha value is -0.260. The van der Waals surface area contributed by atoms with Crippen molar-refractivity contribution >= 4 is 28.2 Å². The maximum atomic E-state index is 4.82. The number of aromatic nitrogens is 1. The molecule has 116 valence electrons. The number of nitrogens with one attached hydrogen (secondary N) is 1. The van der Waals surface area contributed by atoms with Gasteiger partial charge >= 0.3 is 0 Å². The second-order valence-corrected chi connectivity index (χ2v) is 7.63. The van der Waals surface area contributed by atoms with E-state index in [1.165, 1.54) is 10.6 Å². The van der Waals surface area contributed by atoms with Crippen LogP contribution in [0.1, 0.15) is 38.3 Å². The standard InChI is InChI=1S/C15H29N3S2/c1-7-13-14(9-16-8-11(2)3)20-15(17-13)18(5)12(4)10-19-6/h11-12,16H,7-10H2,1-6H3. The molecule has 0 radical (unpaired) electrons. The van der Waals surface area contributed by atoms with Crippen LogP contribution in [0.3, 0.4) is 0 Å². The van der Waals surface area contributed by atoms with E-state index in [-0.39, 0.29) is 0 Å². The van der Waals surface area contributed by atoms with Crippen molar-refractivity contribution in [1.29, 1.82) is 0 Å². The van der Waals surface area contributed by atoms with Crippen molar-refractivity contribution in [1.82, 2.24) is 10.3 Å². The lowest BCUT2D eigenvalue weighted by molar-refractivity contribution is 0.553. The fraction of sp³-hybridized carbons (Fsp3) is 0.800. The minimum absolute atomic E-state index is 0.525. The Morgan fingerprint density at radius 1 is 1.35 bits per heavy atom. The SMILES string of the molecule is CCc1nc(N(C)C(C)CSC)sc1CNCC(C)C. The molecule has 0 amide bonds. The molecule has 1 heterocycles. The average Bonchev–Trinajstić information content (AvgIpc) is 2.81. The summed E-state index contributed by atoms with van der Waals surface area (Å²) in [6, 6.07) is 0.525. The highest BCUT2D eigenvalue weighted by molar-refractivity contribution is 7.98. The van der Waals surface area contributed by atoms with Gasteiger partial charge in [-0.1, -0.05) is 20.8 Å². The van der Waals surface area contributed by atoms with Crippen molar-refractivity contribution in [3.63, 3.8) is 0 Å². The van der Waals surface area contributed by atoms with E-state index >= 15 is 0 Å². The van der Waals surface area contributed by atoms with Crippen molar-refractivity contribution in [2.24, 2.45) is 5.92 Å². The highest BCUT2D eigenvalue weighted by Gasteiger charge is 2.16. The molecule has 1 aromatic heterocycles. The lowest BCUT2D eigenvalue weighted by Gasteiger charge is -2.23. The zero-order valence-electron chi connectivity index (χ0n) is 13.7. The Labute approximate surface area is 132 Å². The molecule has 0 fully saturated rings. The van der Waals surface area contributed by atoms with E-state index in [2.05, 4.69) is 51.2 Å². The van der Waals surface area contributed by atoms with Crippen LogP contribution in [-0.4, -0.2) is 36.6 Å². The quantitative estimate of drug-likeness (QED) is 0.753. The van der Waals surface area contributed by atoms with Crippen LogP contribution in [0, 0.1) is 5.92 Å². The van der Waals surface area contributed by atoms with Crippen LogP contribution in [0.15, 0.2) is 0 Å². The first-order valence-electron chi connectivity index (χ1n) is 7.40. The molecule has 0 saturated heterocycles. The number of nitrogens with zero attached hydrogens (tertiary/aromatic N) is 2. The zero-order valence-corrected chi connectivity index (χ0v) is 15.3. The largest absolute Gasteiger partial charge is 0.348 e. The van der Waals surface area contributed by atoms with Crippen LogP contribution < -0.4 is 10.2 Å². The van der Waals surface area contributed by atoms with E-state index in [1.54, 1.807) is 0 Å². The maximum Gasteiger partial charge on any atom is 0.185 e. The van der Waals surface area contributed by atoms with E-state index in [0.29, 0.717) is 12.0 Å². The minimum atomic E-state index is 0.525. The normalized spacial score (nSPS) is 12.9. The molecule has 0 bridgehead atoms. The van der Waals surface area contributed by atoms with Crippen molar-refractivity contribution < 1.29 is 0 Å². The summed E-state index contributed by atoms with van der Waals surface area (Å²) in [5, 5.41) is 4.69. The second kappa shape index (κ2) is 8.90. The highest BCUT2D eigenvalue weighted by atomic mass is 32.2. The van der Waals surface area contributed by atoms with Crippen molar-refractivity contribution in [3.05, 3.63) is 10.6 Å². The number of thioether (sulfide) groups is 1. The lowest BCUT2D eigenvalue weighted by atomic mass is 10.2. The van der Waals surface area contributed by atoms with E-state index in [0.717, 1.165) is 30.4 Å². The summed E-state index contributed by atoms with van der Waals surface area (Å²) in [5.41, 5.74) is 1.25. The molecule has 0 aliphatic carbocycles. The molecule has 20 heavy (non-hydrogen) atoms. The Morgan fingerprint density at radius 3 is 2.60 bits per heavy atom. The van der Waals surface area contributed by atoms with E-state index in [9.17, 15) is 0 Å². The fourth-order valence-electron chi connectivity index (χ4n) is 1.95. The van der Waals surface area contributed by atoms with Gasteiger partial charge in [-0.15, -0.1) is 11.3 Å². The van der Waals surface area contributed by atoms with E-state index in [1.807, 2.05) is 23.1 Å². The molecule has 5 heteroatoms. The molecule has 0 aliphatic heterocycles. The van der Waals surface area contributed by atoms with Gasteiger partial charge in [-0.25, -0.2) is 4.98 Å². The van der Waals surface area contributed by atoms with Crippen LogP contribution in [0.25, 0.3) is 0 Å². The van der Waals surface area contributed by atoms with Crippen LogP contribution in [0.5, 0.6) is 0 Å². The lowest BCUT2D eigenvalue weighted by Crippen LogP contribution is -2.30. The van der Waals surface area contributed by atoms with Gasteiger partial charge in [0, 0.05) is 30.3 Å². The van der Waals surface area contributed by atoms with Gasteiger partial charge < -0.3 is 10.2 Å².